The maximum absolute atomic E-state index is 2.42. The van der Waals surface area contributed by atoms with Crippen LogP contribution in [0.1, 0.15) is 11.1 Å². The van der Waals surface area contributed by atoms with Gasteiger partial charge in [0.05, 0.1) is 11.4 Å². The van der Waals surface area contributed by atoms with Gasteiger partial charge in [0.1, 0.15) is 0 Å². The third-order valence-corrected chi connectivity index (χ3v) is 11.7. The minimum atomic E-state index is 1.04. The molecule has 3 heteroatoms. The highest BCUT2D eigenvalue weighted by Gasteiger charge is 2.24. The second kappa shape index (κ2) is 17.5. The van der Waals surface area contributed by atoms with Crippen molar-refractivity contribution < 1.29 is 0 Å². The van der Waals surface area contributed by atoms with Crippen molar-refractivity contribution >= 4 is 62.0 Å². The number of aryl methyl sites for hydroxylation is 2. The molecule has 10 aromatic carbocycles. The zero-order valence-corrected chi connectivity index (χ0v) is 35.5. The van der Waals surface area contributed by atoms with E-state index in [1.54, 1.807) is 0 Å². The molecule has 10 aromatic rings. The zero-order valence-electron chi connectivity index (χ0n) is 35.5. The molecule has 0 N–H and O–H groups in total. The number of rotatable bonds is 11. The molecule has 0 fully saturated rings. The fourth-order valence-electron chi connectivity index (χ4n) is 8.72. The second-order valence-electron chi connectivity index (χ2n) is 16.0. The van der Waals surface area contributed by atoms with Gasteiger partial charge in [0, 0.05) is 50.9 Å². The molecule has 0 aliphatic carbocycles. The number of para-hydroxylation sites is 2. The normalized spacial score (nSPS) is 11.0. The minimum Gasteiger partial charge on any atom is -0.310 e. The third kappa shape index (κ3) is 8.08. The van der Waals surface area contributed by atoms with Crippen LogP contribution in [-0.4, -0.2) is 0 Å². The monoisotopic (exact) mass is 809 g/mol. The van der Waals surface area contributed by atoms with Crippen LogP contribution in [0.2, 0.25) is 0 Å². The summed E-state index contributed by atoms with van der Waals surface area (Å²) < 4.78 is 0. The molecular formula is C60H47N3. The van der Waals surface area contributed by atoms with E-state index in [4.69, 9.17) is 0 Å². The van der Waals surface area contributed by atoms with Gasteiger partial charge in [0.25, 0.3) is 0 Å². The molecule has 0 spiro atoms. The molecule has 0 radical (unpaired) electrons. The van der Waals surface area contributed by atoms with Gasteiger partial charge < -0.3 is 14.7 Å². The predicted molar refractivity (Wildman–Crippen MR) is 268 cm³/mol. The predicted octanol–water partition coefficient (Wildman–Crippen LogP) is 17.2. The average molecular weight is 810 g/mol. The van der Waals surface area contributed by atoms with Gasteiger partial charge >= 0.3 is 0 Å². The SMILES string of the molecule is Cc1cccc(N(c2ccccc2)c2cc(N(c3ccc(-c4ccccc4)c(N(c4ccccc4)c4cccc(C)c4)c3)c3ccc4ccccc4c3)ccc2-c2ccccc2)c1. The van der Waals surface area contributed by atoms with E-state index in [2.05, 4.69) is 277 Å². The van der Waals surface area contributed by atoms with Crippen molar-refractivity contribution in [3.8, 4) is 22.3 Å². The number of nitrogens with zero attached hydrogens (tertiary/aromatic N) is 3. The zero-order chi connectivity index (χ0) is 42.5. The van der Waals surface area contributed by atoms with Crippen molar-refractivity contribution in [2.75, 3.05) is 14.7 Å². The first-order valence-corrected chi connectivity index (χ1v) is 21.6. The number of hydrogen-bond acceptors (Lipinski definition) is 3. The maximum Gasteiger partial charge on any atom is 0.0560 e. The van der Waals surface area contributed by atoms with E-state index in [-0.39, 0.29) is 0 Å². The van der Waals surface area contributed by atoms with Crippen LogP contribution in [0.3, 0.4) is 0 Å². The summed E-state index contributed by atoms with van der Waals surface area (Å²) in [6.45, 7) is 4.32. The highest BCUT2D eigenvalue weighted by molar-refractivity contribution is 5.96. The standard InChI is InChI=1S/C60H47N3/c1-44-19-17-31-52(39-44)62(50-27-11-5-12-28-50)59-42-55(35-37-57(59)47-22-7-3-8-23-47)61(54-34-33-46-21-15-16-26-49(46)41-54)56-36-38-58(48-24-9-4-10-25-48)60(43-56)63(51-29-13-6-14-30-51)53-32-18-20-45(2)40-53/h3-43H,1-2H3. The Balaban J connectivity index is 1.26. The van der Waals surface area contributed by atoms with E-state index in [0.717, 1.165) is 73.4 Å². The number of hydrogen-bond donors (Lipinski definition) is 0. The van der Waals surface area contributed by atoms with Crippen LogP contribution < -0.4 is 14.7 Å². The van der Waals surface area contributed by atoms with Gasteiger partial charge in [-0.1, -0.05) is 164 Å². The summed E-state index contributed by atoms with van der Waals surface area (Å²) in [7, 11) is 0. The van der Waals surface area contributed by atoms with Crippen molar-refractivity contribution in [2.45, 2.75) is 13.8 Å². The van der Waals surface area contributed by atoms with Gasteiger partial charge in [-0.05, 0) is 132 Å². The van der Waals surface area contributed by atoms with Crippen molar-refractivity contribution in [3.63, 3.8) is 0 Å². The Morgan fingerprint density at radius 1 is 0.238 bits per heavy atom. The average Bonchev–Trinajstić information content (AvgIpc) is 3.33. The molecule has 0 aromatic heterocycles. The molecule has 0 unspecified atom stereocenters. The maximum atomic E-state index is 2.42. The Kier molecular flexibility index (Phi) is 10.8. The van der Waals surface area contributed by atoms with Crippen molar-refractivity contribution in [2.24, 2.45) is 0 Å². The molecule has 0 aliphatic rings. The molecule has 0 atom stereocenters. The smallest absolute Gasteiger partial charge is 0.0560 e. The molecule has 0 bridgehead atoms. The van der Waals surface area contributed by atoms with Gasteiger partial charge in [0.15, 0.2) is 0 Å². The lowest BCUT2D eigenvalue weighted by Gasteiger charge is -2.33. The Morgan fingerprint density at radius 2 is 0.603 bits per heavy atom. The lowest BCUT2D eigenvalue weighted by molar-refractivity contribution is 1.23. The molecule has 0 heterocycles. The first kappa shape index (κ1) is 39.0. The van der Waals surface area contributed by atoms with E-state index in [1.807, 2.05) is 0 Å². The highest BCUT2D eigenvalue weighted by atomic mass is 15.2. The van der Waals surface area contributed by atoms with E-state index < -0.39 is 0 Å². The van der Waals surface area contributed by atoms with Crippen molar-refractivity contribution in [3.05, 3.63) is 260 Å². The molecule has 3 nitrogen and oxygen atoms in total. The summed E-state index contributed by atoms with van der Waals surface area (Å²) in [6.07, 6.45) is 0. The van der Waals surface area contributed by atoms with Gasteiger partial charge in [-0.2, -0.15) is 0 Å². The molecule has 0 amide bonds. The number of fused-ring (bicyclic) bond motifs is 1. The van der Waals surface area contributed by atoms with E-state index in [1.165, 1.54) is 21.9 Å². The van der Waals surface area contributed by atoms with Crippen molar-refractivity contribution in [1.29, 1.82) is 0 Å². The molecular weight excluding hydrogens is 763 g/mol. The van der Waals surface area contributed by atoms with E-state index in [9.17, 15) is 0 Å². The largest absolute Gasteiger partial charge is 0.310 e. The van der Waals surface area contributed by atoms with Gasteiger partial charge in [0.2, 0.25) is 0 Å². The first-order chi connectivity index (χ1) is 31.1. The quantitative estimate of drug-likeness (QED) is 0.129. The van der Waals surface area contributed by atoms with Crippen LogP contribution in [0, 0.1) is 13.8 Å². The van der Waals surface area contributed by atoms with Crippen LogP contribution in [0.15, 0.2) is 249 Å². The Morgan fingerprint density at radius 3 is 1.06 bits per heavy atom. The molecule has 63 heavy (non-hydrogen) atoms. The summed E-state index contributed by atoms with van der Waals surface area (Å²) in [4.78, 5) is 7.22. The fraction of sp³-hybridized carbons (Fsp3) is 0.0333. The summed E-state index contributed by atoms with van der Waals surface area (Å²) in [5.74, 6) is 0. The summed E-state index contributed by atoms with van der Waals surface area (Å²) in [6, 6.07) is 89.8. The Bertz CT molecular complexity index is 2970. The van der Waals surface area contributed by atoms with Crippen LogP contribution in [-0.2, 0) is 0 Å². The van der Waals surface area contributed by atoms with Gasteiger partial charge in [-0.3, -0.25) is 0 Å². The summed E-state index contributed by atoms with van der Waals surface area (Å²) >= 11 is 0. The lowest BCUT2D eigenvalue weighted by atomic mass is 9.98. The second-order valence-corrected chi connectivity index (χ2v) is 16.0. The third-order valence-electron chi connectivity index (χ3n) is 11.7. The molecule has 0 saturated heterocycles. The minimum absolute atomic E-state index is 1.04. The summed E-state index contributed by atoms with van der Waals surface area (Å²) in [5, 5.41) is 2.38. The van der Waals surface area contributed by atoms with E-state index in [0.29, 0.717) is 0 Å². The van der Waals surface area contributed by atoms with Crippen LogP contribution in [0.25, 0.3) is 33.0 Å². The van der Waals surface area contributed by atoms with Crippen LogP contribution in [0.4, 0.5) is 51.2 Å². The first-order valence-electron chi connectivity index (χ1n) is 21.6. The molecule has 302 valence electrons. The van der Waals surface area contributed by atoms with Gasteiger partial charge in [-0.25, -0.2) is 0 Å². The Labute approximate surface area is 371 Å². The molecule has 0 saturated carbocycles. The highest BCUT2D eigenvalue weighted by Crippen LogP contribution is 2.48. The van der Waals surface area contributed by atoms with Gasteiger partial charge in [-0.15, -0.1) is 0 Å². The lowest BCUT2D eigenvalue weighted by Crippen LogP contribution is -2.16. The van der Waals surface area contributed by atoms with E-state index >= 15 is 0 Å². The topological polar surface area (TPSA) is 9.72 Å². The summed E-state index contributed by atoms with van der Waals surface area (Å²) in [5.41, 5.74) is 16.6. The number of anilines is 9. The van der Waals surface area contributed by atoms with Crippen LogP contribution >= 0.6 is 0 Å². The molecule has 0 aliphatic heterocycles. The number of benzene rings is 10. The fourth-order valence-corrected chi connectivity index (χ4v) is 8.72. The van der Waals surface area contributed by atoms with Crippen LogP contribution in [0.5, 0.6) is 0 Å². The van der Waals surface area contributed by atoms with Crippen molar-refractivity contribution in [1.82, 2.24) is 0 Å². The Hall–Kier alpha value is -8.14. The molecule has 10 rings (SSSR count).